The molecule has 1 N–H and O–H groups in total. The first-order valence-corrected chi connectivity index (χ1v) is 6.59. The van der Waals surface area contributed by atoms with Gasteiger partial charge in [-0.05, 0) is 52.3 Å². The zero-order chi connectivity index (χ0) is 14.3. The van der Waals surface area contributed by atoms with Crippen LogP contribution in [-0.4, -0.2) is 59.6 Å². The van der Waals surface area contributed by atoms with Crippen LogP contribution >= 0.6 is 0 Å². The molecule has 0 aromatic carbocycles. The molecule has 106 valence electrons. The number of rotatable bonds is 8. The van der Waals surface area contributed by atoms with E-state index >= 15 is 0 Å². The third-order valence-electron chi connectivity index (χ3n) is 2.94. The van der Waals surface area contributed by atoms with E-state index in [0.717, 1.165) is 31.7 Å². The fourth-order valence-corrected chi connectivity index (χ4v) is 1.88. The minimum Gasteiger partial charge on any atom is -0.477 e. The van der Waals surface area contributed by atoms with E-state index in [0.29, 0.717) is 6.54 Å². The summed E-state index contributed by atoms with van der Waals surface area (Å²) in [6, 6.07) is 5.15. The molecule has 1 rings (SSSR count). The number of carboxylic acids is 1. The van der Waals surface area contributed by atoms with Crippen molar-refractivity contribution in [1.29, 1.82) is 0 Å². The lowest BCUT2D eigenvalue weighted by atomic mass is 10.2. The highest BCUT2D eigenvalue weighted by Crippen LogP contribution is 2.05. The Bertz CT molecular complexity index is 407. The standard InChI is InChI=1S/C14H23N3O2/c1-4-17(10-6-9-16(2)3)11-12-7-5-8-13(15-12)14(18)19/h5,7-8H,4,6,9-11H2,1-3H3,(H,18,19). The van der Waals surface area contributed by atoms with Gasteiger partial charge in [0.1, 0.15) is 5.69 Å². The topological polar surface area (TPSA) is 56.7 Å². The quantitative estimate of drug-likeness (QED) is 0.773. The molecule has 0 spiro atoms. The van der Waals surface area contributed by atoms with Crippen LogP contribution in [0.4, 0.5) is 0 Å². The average Bonchev–Trinajstić information content (AvgIpc) is 2.37. The number of hydrogen-bond donors (Lipinski definition) is 1. The van der Waals surface area contributed by atoms with Crippen LogP contribution in [-0.2, 0) is 6.54 Å². The molecular weight excluding hydrogens is 242 g/mol. The Morgan fingerprint density at radius 2 is 2.05 bits per heavy atom. The number of carbonyl (C=O) groups is 1. The third-order valence-corrected chi connectivity index (χ3v) is 2.94. The highest BCUT2D eigenvalue weighted by Gasteiger charge is 2.08. The van der Waals surface area contributed by atoms with Crippen LogP contribution in [0.15, 0.2) is 18.2 Å². The van der Waals surface area contributed by atoms with Gasteiger partial charge in [-0.15, -0.1) is 0 Å². The molecule has 0 bridgehead atoms. The molecule has 0 radical (unpaired) electrons. The number of aromatic nitrogens is 1. The lowest BCUT2D eigenvalue weighted by Gasteiger charge is -2.21. The lowest BCUT2D eigenvalue weighted by molar-refractivity contribution is 0.0690. The first-order chi connectivity index (χ1) is 9.02. The van der Waals surface area contributed by atoms with Crippen LogP contribution in [0, 0.1) is 0 Å². The Hall–Kier alpha value is -1.46. The minimum absolute atomic E-state index is 0.113. The first-order valence-electron chi connectivity index (χ1n) is 6.59. The van der Waals surface area contributed by atoms with E-state index in [4.69, 9.17) is 5.11 Å². The molecule has 0 saturated heterocycles. The summed E-state index contributed by atoms with van der Waals surface area (Å²) in [6.45, 7) is 5.79. The fraction of sp³-hybridized carbons (Fsp3) is 0.571. The molecule has 0 aliphatic carbocycles. The predicted octanol–water partition coefficient (Wildman–Crippen LogP) is 1.55. The summed E-state index contributed by atoms with van der Waals surface area (Å²) in [5.74, 6) is -0.975. The van der Waals surface area contributed by atoms with Crippen LogP contribution in [0.5, 0.6) is 0 Å². The minimum atomic E-state index is -0.975. The van der Waals surface area contributed by atoms with Crippen LogP contribution in [0.25, 0.3) is 0 Å². The van der Waals surface area contributed by atoms with Crippen molar-refractivity contribution >= 4 is 5.97 Å². The SMILES string of the molecule is CCN(CCCN(C)C)Cc1cccc(C(=O)O)n1. The molecule has 0 saturated carbocycles. The molecule has 19 heavy (non-hydrogen) atoms. The van der Waals surface area contributed by atoms with E-state index in [-0.39, 0.29) is 5.69 Å². The number of nitrogens with zero attached hydrogens (tertiary/aromatic N) is 3. The second-order valence-electron chi connectivity index (χ2n) is 4.84. The highest BCUT2D eigenvalue weighted by molar-refractivity contribution is 5.85. The van der Waals surface area contributed by atoms with Gasteiger partial charge in [-0.3, -0.25) is 4.90 Å². The van der Waals surface area contributed by atoms with E-state index in [1.54, 1.807) is 6.07 Å². The van der Waals surface area contributed by atoms with Crippen LogP contribution in [0.1, 0.15) is 29.5 Å². The zero-order valence-electron chi connectivity index (χ0n) is 12.0. The molecule has 0 aliphatic rings. The van der Waals surface area contributed by atoms with Gasteiger partial charge in [0.15, 0.2) is 0 Å². The molecule has 5 heteroatoms. The van der Waals surface area contributed by atoms with E-state index in [9.17, 15) is 4.79 Å². The van der Waals surface area contributed by atoms with Gasteiger partial charge in [0.05, 0.1) is 5.69 Å². The Morgan fingerprint density at radius 1 is 1.32 bits per heavy atom. The maximum atomic E-state index is 10.9. The van der Waals surface area contributed by atoms with Gasteiger partial charge >= 0.3 is 5.97 Å². The van der Waals surface area contributed by atoms with Gasteiger partial charge < -0.3 is 10.0 Å². The molecule has 1 aromatic rings. The average molecular weight is 265 g/mol. The molecule has 1 aromatic heterocycles. The molecule has 0 amide bonds. The number of aromatic carboxylic acids is 1. The van der Waals surface area contributed by atoms with Gasteiger partial charge in [-0.2, -0.15) is 0 Å². The molecule has 0 unspecified atom stereocenters. The Kier molecular flexibility index (Phi) is 6.45. The normalized spacial score (nSPS) is 11.2. The van der Waals surface area contributed by atoms with Crippen LogP contribution < -0.4 is 0 Å². The van der Waals surface area contributed by atoms with Crippen molar-refractivity contribution < 1.29 is 9.90 Å². The van der Waals surface area contributed by atoms with E-state index in [1.807, 2.05) is 6.07 Å². The van der Waals surface area contributed by atoms with E-state index in [1.165, 1.54) is 6.07 Å². The lowest BCUT2D eigenvalue weighted by Crippen LogP contribution is -2.27. The summed E-state index contributed by atoms with van der Waals surface area (Å²) in [6.07, 6.45) is 1.10. The molecular formula is C14H23N3O2. The Balaban J connectivity index is 2.55. The van der Waals surface area contributed by atoms with Crippen molar-refractivity contribution in [2.45, 2.75) is 19.9 Å². The zero-order valence-corrected chi connectivity index (χ0v) is 12.0. The van der Waals surface area contributed by atoms with Crippen molar-refractivity contribution in [2.24, 2.45) is 0 Å². The van der Waals surface area contributed by atoms with Crippen molar-refractivity contribution in [3.8, 4) is 0 Å². The van der Waals surface area contributed by atoms with Crippen LogP contribution in [0.2, 0.25) is 0 Å². The second kappa shape index (κ2) is 7.86. The number of pyridine rings is 1. The summed E-state index contributed by atoms with van der Waals surface area (Å²) in [4.78, 5) is 19.5. The smallest absolute Gasteiger partial charge is 0.354 e. The maximum absolute atomic E-state index is 10.9. The number of hydrogen-bond acceptors (Lipinski definition) is 4. The molecule has 0 atom stereocenters. The van der Waals surface area contributed by atoms with Crippen molar-refractivity contribution in [2.75, 3.05) is 33.7 Å². The number of carboxylic acid groups (broad SMARTS) is 1. The van der Waals surface area contributed by atoms with Crippen LogP contribution in [0.3, 0.4) is 0 Å². The van der Waals surface area contributed by atoms with Crippen molar-refractivity contribution in [3.05, 3.63) is 29.6 Å². The maximum Gasteiger partial charge on any atom is 0.354 e. The predicted molar refractivity (Wildman–Crippen MR) is 75.3 cm³/mol. The Labute approximate surface area is 114 Å². The largest absolute Gasteiger partial charge is 0.477 e. The van der Waals surface area contributed by atoms with E-state index in [2.05, 4.69) is 35.8 Å². The molecule has 0 aliphatic heterocycles. The summed E-state index contributed by atoms with van der Waals surface area (Å²) in [7, 11) is 4.13. The van der Waals surface area contributed by atoms with Crippen molar-refractivity contribution in [1.82, 2.24) is 14.8 Å². The summed E-state index contributed by atoms with van der Waals surface area (Å²) in [5, 5.41) is 8.92. The van der Waals surface area contributed by atoms with Crippen molar-refractivity contribution in [3.63, 3.8) is 0 Å². The first kappa shape index (κ1) is 15.6. The monoisotopic (exact) mass is 265 g/mol. The molecule has 5 nitrogen and oxygen atoms in total. The van der Waals surface area contributed by atoms with Gasteiger partial charge in [0.25, 0.3) is 0 Å². The van der Waals surface area contributed by atoms with Gasteiger partial charge in [-0.1, -0.05) is 13.0 Å². The Morgan fingerprint density at radius 3 is 2.63 bits per heavy atom. The third kappa shape index (κ3) is 5.81. The molecule has 0 fully saturated rings. The second-order valence-corrected chi connectivity index (χ2v) is 4.84. The van der Waals surface area contributed by atoms with Gasteiger partial charge in [-0.25, -0.2) is 9.78 Å². The molecule has 1 heterocycles. The summed E-state index contributed by atoms with van der Waals surface area (Å²) < 4.78 is 0. The highest BCUT2D eigenvalue weighted by atomic mass is 16.4. The fourth-order valence-electron chi connectivity index (χ4n) is 1.88. The van der Waals surface area contributed by atoms with Gasteiger partial charge in [0, 0.05) is 6.54 Å². The summed E-state index contributed by atoms with van der Waals surface area (Å²) in [5.41, 5.74) is 0.924. The van der Waals surface area contributed by atoms with Gasteiger partial charge in [0.2, 0.25) is 0 Å². The van der Waals surface area contributed by atoms with E-state index < -0.39 is 5.97 Å². The summed E-state index contributed by atoms with van der Waals surface area (Å²) >= 11 is 0.